The van der Waals surface area contributed by atoms with Crippen molar-refractivity contribution in [2.45, 2.75) is 13.1 Å². The van der Waals surface area contributed by atoms with E-state index in [1.165, 1.54) is 18.3 Å². The number of amides is 1. The van der Waals surface area contributed by atoms with E-state index in [0.717, 1.165) is 17.2 Å². The highest BCUT2D eigenvalue weighted by Gasteiger charge is 2.35. The lowest BCUT2D eigenvalue weighted by Gasteiger charge is -2.15. The molecule has 35 heavy (non-hydrogen) atoms. The molecule has 5 aromatic rings. The molecule has 9 heteroatoms. The highest BCUT2D eigenvalue weighted by atomic mass is 19.4. The zero-order valence-electron chi connectivity index (χ0n) is 18.4. The number of hydrogen-bond donors (Lipinski definition) is 1. The maximum Gasteiger partial charge on any atom is 0.417 e. The number of alkyl halides is 3. The molecule has 3 aromatic heterocycles. The Kier molecular flexibility index (Phi) is 5.52. The number of aromatic nitrogens is 4. The predicted octanol–water partition coefficient (Wildman–Crippen LogP) is 6.04. The zero-order valence-corrected chi connectivity index (χ0v) is 18.4. The van der Waals surface area contributed by atoms with E-state index in [4.69, 9.17) is 0 Å². The lowest BCUT2D eigenvalue weighted by molar-refractivity contribution is -0.137. The molecule has 2 aromatic carbocycles. The Balaban J connectivity index is 1.60. The van der Waals surface area contributed by atoms with Crippen LogP contribution in [0.1, 0.15) is 21.5 Å². The van der Waals surface area contributed by atoms with Crippen molar-refractivity contribution in [2.24, 2.45) is 0 Å². The zero-order chi connectivity index (χ0) is 24.6. The van der Waals surface area contributed by atoms with Crippen LogP contribution in [0.3, 0.4) is 0 Å². The molecular weight excluding hydrogens is 455 g/mol. The van der Waals surface area contributed by atoms with Gasteiger partial charge >= 0.3 is 6.18 Å². The number of halogens is 3. The highest BCUT2D eigenvalue weighted by Crippen LogP contribution is 2.36. The van der Waals surface area contributed by atoms with Gasteiger partial charge < -0.3 is 5.32 Å². The largest absolute Gasteiger partial charge is 0.417 e. The molecule has 0 unspecified atom stereocenters. The minimum Gasteiger partial charge on any atom is -0.322 e. The molecule has 5 rings (SSSR count). The summed E-state index contributed by atoms with van der Waals surface area (Å²) in [7, 11) is 0. The van der Waals surface area contributed by atoms with E-state index in [1.54, 1.807) is 59.5 Å². The number of nitrogens with zero attached hydrogens (tertiary/aromatic N) is 4. The third kappa shape index (κ3) is 4.35. The number of nitrogens with one attached hydrogen (secondary N) is 1. The molecule has 1 amide bonds. The second-order valence-corrected chi connectivity index (χ2v) is 7.94. The van der Waals surface area contributed by atoms with Crippen LogP contribution >= 0.6 is 0 Å². The van der Waals surface area contributed by atoms with Crippen molar-refractivity contribution < 1.29 is 18.0 Å². The van der Waals surface area contributed by atoms with Crippen LogP contribution in [0.4, 0.5) is 18.9 Å². The first-order valence-electron chi connectivity index (χ1n) is 10.6. The first-order chi connectivity index (χ1) is 16.8. The predicted molar refractivity (Wildman–Crippen MR) is 126 cm³/mol. The third-order valence-electron chi connectivity index (χ3n) is 5.55. The molecule has 0 aliphatic heterocycles. The molecule has 0 bridgehead atoms. The van der Waals surface area contributed by atoms with E-state index >= 15 is 0 Å². The lowest BCUT2D eigenvalue weighted by Crippen LogP contribution is -2.19. The Morgan fingerprint density at radius 1 is 0.943 bits per heavy atom. The lowest BCUT2D eigenvalue weighted by atomic mass is 9.99. The van der Waals surface area contributed by atoms with Crippen LogP contribution in [0.5, 0.6) is 0 Å². The first-order valence-corrected chi connectivity index (χ1v) is 10.6. The fourth-order valence-corrected chi connectivity index (χ4v) is 3.81. The molecule has 0 aliphatic rings. The van der Waals surface area contributed by atoms with Crippen LogP contribution in [-0.2, 0) is 6.18 Å². The van der Waals surface area contributed by atoms with Gasteiger partial charge in [0, 0.05) is 35.4 Å². The van der Waals surface area contributed by atoms with Crippen LogP contribution in [0.15, 0.2) is 85.5 Å². The SMILES string of the molecule is Cc1ccc(NC(=O)c2cc(-c3ccnn4c(-c5cccnc5)cnc34)ccc2C(F)(F)F)cc1. The standard InChI is InChI=1S/C26H18F3N5O/c1-16-4-7-19(8-5-16)33-25(35)21-13-17(6-9-22(21)26(27,28)29)20-10-12-32-34-23(15-31-24(20)34)18-3-2-11-30-14-18/h2-15H,1H3,(H,33,35). The molecule has 1 N–H and O–H groups in total. The number of rotatable bonds is 4. The summed E-state index contributed by atoms with van der Waals surface area (Å²) in [5, 5.41) is 6.91. The Bertz CT molecular complexity index is 1530. The molecule has 0 saturated heterocycles. The highest BCUT2D eigenvalue weighted by molar-refractivity contribution is 6.06. The number of aryl methyl sites for hydroxylation is 1. The number of benzene rings is 2. The third-order valence-corrected chi connectivity index (χ3v) is 5.55. The summed E-state index contributed by atoms with van der Waals surface area (Å²) in [6.45, 7) is 1.88. The van der Waals surface area contributed by atoms with Crippen LogP contribution in [0, 0.1) is 6.92 Å². The number of fused-ring (bicyclic) bond motifs is 1. The van der Waals surface area contributed by atoms with Gasteiger partial charge in [-0.25, -0.2) is 9.50 Å². The van der Waals surface area contributed by atoms with Crippen molar-refractivity contribution in [2.75, 3.05) is 5.32 Å². The second kappa shape index (κ2) is 8.68. The van der Waals surface area contributed by atoms with Gasteiger partial charge in [0.25, 0.3) is 5.91 Å². The van der Waals surface area contributed by atoms with E-state index in [0.29, 0.717) is 28.2 Å². The molecule has 0 saturated carbocycles. The Labute approximate surface area is 198 Å². The number of carbonyl (C=O) groups is 1. The van der Waals surface area contributed by atoms with Gasteiger partial charge in [-0.15, -0.1) is 0 Å². The Morgan fingerprint density at radius 3 is 2.46 bits per heavy atom. The van der Waals surface area contributed by atoms with E-state index in [-0.39, 0.29) is 0 Å². The molecular formula is C26H18F3N5O. The van der Waals surface area contributed by atoms with Crippen molar-refractivity contribution in [3.63, 3.8) is 0 Å². The number of hydrogen-bond acceptors (Lipinski definition) is 4. The van der Waals surface area contributed by atoms with Crippen molar-refractivity contribution >= 4 is 17.2 Å². The first kappa shape index (κ1) is 22.3. The summed E-state index contributed by atoms with van der Waals surface area (Å²) in [4.78, 5) is 21.5. The van der Waals surface area contributed by atoms with Gasteiger partial charge in [-0.05, 0) is 55.0 Å². The number of carbonyl (C=O) groups excluding carboxylic acids is 1. The minimum atomic E-state index is -4.70. The fraction of sp³-hybridized carbons (Fsp3) is 0.0769. The Hall–Kier alpha value is -4.53. The van der Waals surface area contributed by atoms with Gasteiger partial charge in [-0.2, -0.15) is 18.3 Å². The fourth-order valence-electron chi connectivity index (χ4n) is 3.81. The molecule has 174 valence electrons. The van der Waals surface area contributed by atoms with Gasteiger partial charge in [0.2, 0.25) is 0 Å². The summed E-state index contributed by atoms with van der Waals surface area (Å²) in [6, 6.07) is 15.6. The van der Waals surface area contributed by atoms with E-state index in [9.17, 15) is 18.0 Å². The van der Waals surface area contributed by atoms with Gasteiger partial charge in [0.05, 0.1) is 23.0 Å². The number of imidazole rings is 1. The Morgan fingerprint density at radius 2 is 1.74 bits per heavy atom. The van der Waals surface area contributed by atoms with Gasteiger partial charge in [0.1, 0.15) is 0 Å². The van der Waals surface area contributed by atoms with E-state index < -0.39 is 23.2 Å². The molecule has 0 radical (unpaired) electrons. The van der Waals surface area contributed by atoms with Gasteiger partial charge in [-0.3, -0.25) is 9.78 Å². The maximum absolute atomic E-state index is 13.8. The van der Waals surface area contributed by atoms with E-state index in [2.05, 4.69) is 20.4 Å². The van der Waals surface area contributed by atoms with E-state index in [1.807, 2.05) is 13.0 Å². The second-order valence-electron chi connectivity index (χ2n) is 7.94. The minimum absolute atomic E-state index is 0.403. The number of anilines is 1. The summed E-state index contributed by atoms with van der Waals surface area (Å²) < 4.78 is 42.9. The van der Waals surface area contributed by atoms with Crippen LogP contribution in [0.2, 0.25) is 0 Å². The molecule has 0 aliphatic carbocycles. The normalized spacial score (nSPS) is 11.5. The summed E-state index contributed by atoms with van der Waals surface area (Å²) in [5.41, 5.74) is 2.72. The van der Waals surface area contributed by atoms with Crippen LogP contribution in [0.25, 0.3) is 28.0 Å². The van der Waals surface area contributed by atoms with Crippen molar-refractivity contribution in [1.29, 1.82) is 0 Å². The molecule has 0 spiro atoms. The number of pyridine rings is 1. The summed E-state index contributed by atoms with van der Waals surface area (Å²) >= 11 is 0. The van der Waals surface area contributed by atoms with Crippen molar-refractivity contribution in [3.8, 4) is 22.4 Å². The van der Waals surface area contributed by atoms with Crippen LogP contribution in [-0.4, -0.2) is 25.5 Å². The van der Waals surface area contributed by atoms with Crippen molar-refractivity contribution in [1.82, 2.24) is 19.6 Å². The van der Waals surface area contributed by atoms with Crippen LogP contribution < -0.4 is 5.32 Å². The maximum atomic E-state index is 13.8. The smallest absolute Gasteiger partial charge is 0.322 e. The molecule has 0 atom stereocenters. The average molecular weight is 473 g/mol. The van der Waals surface area contributed by atoms with Crippen molar-refractivity contribution in [3.05, 3.63) is 102 Å². The van der Waals surface area contributed by atoms with Gasteiger partial charge in [0.15, 0.2) is 5.65 Å². The van der Waals surface area contributed by atoms with Gasteiger partial charge in [-0.1, -0.05) is 23.8 Å². The quantitative estimate of drug-likeness (QED) is 0.346. The summed E-state index contributed by atoms with van der Waals surface area (Å²) in [5.74, 6) is -0.854. The molecule has 3 heterocycles. The topological polar surface area (TPSA) is 72.2 Å². The average Bonchev–Trinajstić information content (AvgIpc) is 3.29. The monoisotopic (exact) mass is 473 g/mol. The molecule has 0 fully saturated rings. The summed E-state index contributed by atoms with van der Waals surface area (Å²) in [6.07, 6.45) is 1.78. The molecule has 6 nitrogen and oxygen atoms in total.